The second-order valence-electron chi connectivity index (χ2n) is 3.54. The largest absolute Gasteiger partial charge is 0.481 e. The van der Waals surface area contributed by atoms with Gasteiger partial charge in [-0.1, -0.05) is 30.3 Å². The van der Waals surface area contributed by atoms with Crippen molar-refractivity contribution in [2.24, 2.45) is 0 Å². The molecule has 0 unspecified atom stereocenters. The van der Waals surface area contributed by atoms with Crippen molar-refractivity contribution in [2.75, 3.05) is 0 Å². The predicted octanol–water partition coefficient (Wildman–Crippen LogP) is 3.72. The molecule has 0 heterocycles. The first-order valence-corrected chi connectivity index (χ1v) is 5.20. The molecule has 0 saturated heterocycles. The SMILES string of the molecule is CC(=O)O.Fc1cc(F)cc(-c2ccccc2)c1. The van der Waals surface area contributed by atoms with Crippen LogP contribution in [-0.2, 0) is 4.79 Å². The monoisotopic (exact) mass is 250 g/mol. The van der Waals surface area contributed by atoms with E-state index >= 15 is 0 Å². The van der Waals surface area contributed by atoms with E-state index in [0.717, 1.165) is 18.6 Å². The van der Waals surface area contributed by atoms with E-state index in [1.54, 1.807) is 0 Å². The molecule has 18 heavy (non-hydrogen) atoms. The summed E-state index contributed by atoms with van der Waals surface area (Å²) in [5, 5.41) is 7.42. The molecule has 0 spiro atoms. The molecule has 2 rings (SSSR count). The fourth-order valence-corrected chi connectivity index (χ4v) is 1.35. The average molecular weight is 250 g/mol. The molecule has 0 bridgehead atoms. The van der Waals surface area contributed by atoms with Gasteiger partial charge in [-0.3, -0.25) is 4.79 Å². The molecule has 0 amide bonds. The van der Waals surface area contributed by atoms with Gasteiger partial charge < -0.3 is 5.11 Å². The highest BCUT2D eigenvalue weighted by Crippen LogP contribution is 2.20. The van der Waals surface area contributed by atoms with Crippen LogP contribution in [0, 0.1) is 11.6 Å². The van der Waals surface area contributed by atoms with Crippen molar-refractivity contribution in [3.8, 4) is 11.1 Å². The van der Waals surface area contributed by atoms with Crippen molar-refractivity contribution < 1.29 is 18.7 Å². The highest BCUT2D eigenvalue weighted by molar-refractivity contribution is 5.63. The van der Waals surface area contributed by atoms with Crippen molar-refractivity contribution in [3.05, 3.63) is 60.2 Å². The van der Waals surface area contributed by atoms with Gasteiger partial charge in [0.2, 0.25) is 0 Å². The molecule has 1 N–H and O–H groups in total. The number of carboxylic acids is 1. The summed E-state index contributed by atoms with van der Waals surface area (Å²) >= 11 is 0. The van der Waals surface area contributed by atoms with E-state index in [1.165, 1.54) is 12.1 Å². The van der Waals surface area contributed by atoms with Gasteiger partial charge in [0.05, 0.1) is 0 Å². The highest BCUT2D eigenvalue weighted by Gasteiger charge is 2.01. The van der Waals surface area contributed by atoms with E-state index in [9.17, 15) is 8.78 Å². The Morgan fingerprint density at radius 1 is 0.944 bits per heavy atom. The van der Waals surface area contributed by atoms with Crippen LogP contribution in [0.5, 0.6) is 0 Å². The second kappa shape index (κ2) is 6.49. The lowest BCUT2D eigenvalue weighted by Crippen LogP contribution is -1.83. The zero-order valence-electron chi connectivity index (χ0n) is 9.73. The minimum Gasteiger partial charge on any atom is -0.481 e. The lowest BCUT2D eigenvalue weighted by atomic mass is 10.1. The average Bonchev–Trinajstić information content (AvgIpc) is 2.28. The summed E-state index contributed by atoms with van der Waals surface area (Å²) in [4.78, 5) is 9.00. The van der Waals surface area contributed by atoms with Crippen LogP contribution in [0.4, 0.5) is 8.78 Å². The van der Waals surface area contributed by atoms with Crippen LogP contribution in [0.25, 0.3) is 11.1 Å². The predicted molar refractivity (Wildman–Crippen MR) is 65.1 cm³/mol. The molecule has 0 aromatic heterocycles. The van der Waals surface area contributed by atoms with Gasteiger partial charge in [-0.25, -0.2) is 8.78 Å². The van der Waals surface area contributed by atoms with Crippen LogP contribution in [0.3, 0.4) is 0 Å². The molecule has 2 aromatic carbocycles. The van der Waals surface area contributed by atoms with E-state index < -0.39 is 17.6 Å². The van der Waals surface area contributed by atoms with Crippen molar-refractivity contribution in [1.29, 1.82) is 0 Å². The maximum atomic E-state index is 12.9. The standard InChI is InChI=1S/C12H8F2.C2H4O2/c13-11-6-10(7-12(14)8-11)9-4-2-1-3-5-9;1-2(3)4/h1-8H;1H3,(H,3,4). The van der Waals surface area contributed by atoms with E-state index in [2.05, 4.69) is 0 Å². The van der Waals surface area contributed by atoms with Gasteiger partial charge in [0.1, 0.15) is 11.6 Å². The number of carboxylic acid groups (broad SMARTS) is 1. The van der Waals surface area contributed by atoms with Gasteiger partial charge in [-0.05, 0) is 23.3 Å². The summed E-state index contributed by atoms with van der Waals surface area (Å²) in [6.45, 7) is 1.08. The smallest absolute Gasteiger partial charge is 0.300 e. The maximum Gasteiger partial charge on any atom is 0.300 e. The van der Waals surface area contributed by atoms with Crippen molar-refractivity contribution in [3.63, 3.8) is 0 Å². The van der Waals surface area contributed by atoms with E-state index in [0.29, 0.717) is 5.56 Å². The van der Waals surface area contributed by atoms with Crippen LogP contribution in [0.2, 0.25) is 0 Å². The van der Waals surface area contributed by atoms with Crippen LogP contribution in [0.1, 0.15) is 6.92 Å². The molecule has 0 saturated carbocycles. The Balaban J connectivity index is 0.000000357. The summed E-state index contributed by atoms with van der Waals surface area (Å²) in [6.07, 6.45) is 0. The molecule has 0 aliphatic rings. The molecule has 2 nitrogen and oxygen atoms in total. The number of hydrogen-bond donors (Lipinski definition) is 1. The van der Waals surface area contributed by atoms with E-state index in [-0.39, 0.29) is 0 Å². The van der Waals surface area contributed by atoms with Gasteiger partial charge in [0.15, 0.2) is 0 Å². The Kier molecular flexibility index (Phi) is 4.99. The number of benzene rings is 2. The third kappa shape index (κ3) is 4.74. The van der Waals surface area contributed by atoms with E-state index in [1.807, 2.05) is 30.3 Å². The van der Waals surface area contributed by atoms with Gasteiger partial charge in [-0.15, -0.1) is 0 Å². The zero-order valence-corrected chi connectivity index (χ0v) is 9.73. The molecule has 2 aromatic rings. The minimum absolute atomic E-state index is 0.552. The molecule has 0 radical (unpaired) electrons. The number of carbonyl (C=O) groups is 1. The Bertz CT molecular complexity index is 500. The van der Waals surface area contributed by atoms with Gasteiger partial charge in [0.25, 0.3) is 5.97 Å². The number of rotatable bonds is 1. The molecule has 0 aliphatic heterocycles. The fraction of sp³-hybridized carbons (Fsp3) is 0.0714. The minimum atomic E-state index is -0.833. The van der Waals surface area contributed by atoms with E-state index in [4.69, 9.17) is 9.90 Å². The topological polar surface area (TPSA) is 37.3 Å². The number of halogens is 2. The summed E-state index contributed by atoms with van der Waals surface area (Å²) in [5.74, 6) is -1.94. The first-order valence-electron chi connectivity index (χ1n) is 5.20. The van der Waals surface area contributed by atoms with Crippen molar-refractivity contribution >= 4 is 5.97 Å². The third-order valence-corrected chi connectivity index (χ3v) is 1.97. The zero-order chi connectivity index (χ0) is 13.5. The second-order valence-corrected chi connectivity index (χ2v) is 3.54. The molecule has 0 aliphatic carbocycles. The molecule has 0 atom stereocenters. The van der Waals surface area contributed by atoms with Crippen LogP contribution in [-0.4, -0.2) is 11.1 Å². The lowest BCUT2D eigenvalue weighted by Gasteiger charge is -2.01. The van der Waals surface area contributed by atoms with Crippen LogP contribution < -0.4 is 0 Å². The highest BCUT2D eigenvalue weighted by atomic mass is 19.1. The van der Waals surface area contributed by atoms with Crippen molar-refractivity contribution in [1.82, 2.24) is 0 Å². The summed E-state index contributed by atoms with van der Waals surface area (Å²) in [5.41, 5.74) is 1.37. The third-order valence-electron chi connectivity index (χ3n) is 1.97. The molecular formula is C14H12F2O2. The first kappa shape index (κ1) is 13.8. The molecule has 4 heteroatoms. The first-order chi connectivity index (χ1) is 8.49. The van der Waals surface area contributed by atoms with Crippen LogP contribution in [0.15, 0.2) is 48.5 Å². The molecule has 0 fully saturated rings. The Hall–Kier alpha value is -2.23. The van der Waals surface area contributed by atoms with Gasteiger partial charge >= 0.3 is 0 Å². The van der Waals surface area contributed by atoms with Crippen LogP contribution >= 0.6 is 0 Å². The summed E-state index contributed by atoms with van der Waals surface area (Å²) in [7, 11) is 0. The number of aliphatic carboxylic acids is 1. The maximum absolute atomic E-state index is 12.9. The van der Waals surface area contributed by atoms with Gasteiger partial charge in [0, 0.05) is 13.0 Å². The van der Waals surface area contributed by atoms with Gasteiger partial charge in [-0.2, -0.15) is 0 Å². The molecule has 94 valence electrons. The van der Waals surface area contributed by atoms with Crippen molar-refractivity contribution in [2.45, 2.75) is 6.92 Å². The Morgan fingerprint density at radius 3 is 1.83 bits per heavy atom. The summed E-state index contributed by atoms with van der Waals surface area (Å²) in [6, 6.07) is 12.7. The fourth-order valence-electron chi connectivity index (χ4n) is 1.35. The Morgan fingerprint density at radius 2 is 1.39 bits per heavy atom. The lowest BCUT2D eigenvalue weighted by molar-refractivity contribution is -0.134. The quantitative estimate of drug-likeness (QED) is 0.837. The summed E-state index contributed by atoms with van der Waals surface area (Å²) < 4.78 is 25.7. The Labute approximate surface area is 104 Å². The molecular weight excluding hydrogens is 238 g/mol. The number of hydrogen-bond acceptors (Lipinski definition) is 1. The normalized spacial score (nSPS) is 9.28.